The van der Waals surface area contributed by atoms with Gasteiger partial charge in [-0.2, -0.15) is 4.31 Å². The van der Waals surface area contributed by atoms with Gasteiger partial charge in [0.25, 0.3) is 0 Å². The largest absolute Gasteiger partial charge is 0.342 e. The van der Waals surface area contributed by atoms with Crippen LogP contribution >= 0.6 is 0 Å². The fraction of sp³-hybridized carbons (Fsp3) is 0.500. The minimum Gasteiger partial charge on any atom is -0.342 e. The quantitative estimate of drug-likeness (QED) is 0.616. The van der Waals surface area contributed by atoms with Gasteiger partial charge in [0.15, 0.2) is 0 Å². The third-order valence-electron chi connectivity index (χ3n) is 7.99. The van der Waals surface area contributed by atoms with Crippen LogP contribution in [0.2, 0.25) is 0 Å². The topological polar surface area (TPSA) is 78.0 Å². The second-order valence-corrected chi connectivity index (χ2v) is 12.1. The highest BCUT2D eigenvalue weighted by Gasteiger charge is 2.42. The number of carbonyl (C=O) groups excluding carboxylic acids is 2. The first-order valence-electron chi connectivity index (χ1n) is 13.1. The van der Waals surface area contributed by atoms with Crippen LogP contribution in [0.3, 0.4) is 0 Å². The van der Waals surface area contributed by atoms with Crippen LogP contribution < -0.4 is 0 Å². The van der Waals surface area contributed by atoms with Crippen LogP contribution in [0.15, 0.2) is 65.6 Å². The molecule has 3 saturated heterocycles. The summed E-state index contributed by atoms with van der Waals surface area (Å²) in [7, 11) is -3.77. The molecule has 0 aromatic heterocycles. The molecule has 5 rings (SSSR count). The molecule has 3 fully saturated rings. The Bertz CT molecular complexity index is 1160. The van der Waals surface area contributed by atoms with Crippen LogP contribution in [0.5, 0.6) is 0 Å². The zero-order chi connectivity index (χ0) is 25.1. The summed E-state index contributed by atoms with van der Waals surface area (Å²) in [5, 5.41) is 0. The molecule has 192 valence electrons. The van der Waals surface area contributed by atoms with Crippen molar-refractivity contribution in [2.75, 3.05) is 32.7 Å². The van der Waals surface area contributed by atoms with Crippen LogP contribution in [0, 0.1) is 11.8 Å². The standard InChI is InChI=1S/C28H35N3O4S/c32-27(29-17-7-8-18-29)23-15-19-30(20-16-23)28(33)24-13-14-26(22-9-3-1-4-10-22)31(21-24)36(34,35)25-11-5-2-6-12-25/h1-6,9-12,23-24,26H,7-8,13-21H2/t24-,26-/m1/s1. The van der Waals surface area contributed by atoms with Gasteiger partial charge in [0.05, 0.1) is 16.9 Å². The minimum atomic E-state index is -3.77. The summed E-state index contributed by atoms with van der Waals surface area (Å²) >= 11 is 0. The summed E-state index contributed by atoms with van der Waals surface area (Å²) in [5.74, 6) is -0.129. The highest BCUT2D eigenvalue weighted by Crippen LogP contribution is 2.38. The lowest BCUT2D eigenvalue weighted by Crippen LogP contribution is -2.50. The van der Waals surface area contributed by atoms with Gasteiger partial charge >= 0.3 is 0 Å². The smallest absolute Gasteiger partial charge is 0.243 e. The summed E-state index contributed by atoms with van der Waals surface area (Å²) in [5.41, 5.74) is 0.948. The summed E-state index contributed by atoms with van der Waals surface area (Å²) in [4.78, 5) is 30.4. The second kappa shape index (κ2) is 10.7. The number of carbonyl (C=O) groups is 2. The summed E-state index contributed by atoms with van der Waals surface area (Å²) in [6, 6.07) is 17.9. The third-order valence-corrected chi connectivity index (χ3v) is 9.88. The van der Waals surface area contributed by atoms with Crippen molar-refractivity contribution in [2.24, 2.45) is 11.8 Å². The van der Waals surface area contributed by atoms with Gasteiger partial charge in [0.1, 0.15) is 0 Å². The maximum atomic E-state index is 13.7. The maximum absolute atomic E-state index is 13.7. The van der Waals surface area contributed by atoms with Crippen molar-refractivity contribution in [1.82, 2.24) is 14.1 Å². The number of hydrogen-bond acceptors (Lipinski definition) is 4. The van der Waals surface area contributed by atoms with Crippen molar-refractivity contribution < 1.29 is 18.0 Å². The van der Waals surface area contributed by atoms with E-state index in [1.54, 1.807) is 30.3 Å². The Balaban J connectivity index is 1.30. The van der Waals surface area contributed by atoms with Gasteiger partial charge in [-0.15, -0.1) is 0 Å². The first-order valence-corrected chi connectivity index (χ1v) is 14.6. The van der Waals surface area contributed by atoms with E-state index in [9.17, 15) is 18.0 Å². The number of nitrogens with zero attached hydrogens (tertiary/aromatic N) is 3. The maximum Gasteiger partial charge on any atom is 0.243 e. The Kier molecular flexibility index (Phi) is 7.44. The molecule has 2 atom stereocenters. The van der Waals surface area contributed by atoms with E-state index < -0.39 is 10.0 Å². The molecule has 0 aliphatic carbocycles. The van der Waals surface area contributed by atoms with E-state index >= 15 is 0 Å². The van der Waals surface area contributed by atoms with Crippen molar-refractivity contribution in [3.8, 4) is 0 Å². The van der Waals surface area contributed by atoms with Gasteiger partial charge in [-0.05, 0) is 56.2 Å². The van der Waals surface area contributed by atoms with Crippen molar-refractivity contribution in [2.45, 2.75) is 49.5 Å². The van der Waals surface area contributed by atoms with E-state index in [-0.39, 0.29) is 41.1 Å². The molecule has 3 aliphatic heterocycles. The molecule has 0 saturated carbocycles. The Labute approximate surface area is 214 Å². The van der Waals surface area contributed by atoms with Crippen LogP contribution in [0.25, 0.3) is 0 Å². The monoisotopic (exact) mass is 509 g/mol. The Morgan fingerprint density at radius 1 is 0.667 bits per heavy atom. The third kappa shape index (κ3) is 5.06. The zero-order valence-electron chi connectivity index (χ0n) is 20.7. The Hall–Kier alpha value is -2.71. The number of likely N-dealkylation sites (tertiary alicyclic amines) is 2. The molecule has 2 aromatic carbocycles. The van der Waals surface area contributed by atoms with E-state index in [4.69, 9.17) is 0 Å². The fourth-order valence-electron chi connectivity index (χ4n) is 5.94. The molecule has 7 nitrogen and oxygen atoms in total. The molecular formula is C28H35N3O4S. The molecule has 0 unspecified atom stereocenters. The molecule has 2 amide bonds. The Morgan fingerprint density at radius 3 is 1.86 bits per heavy atom. The average molecular weight is 510 g/mol. The minimum absolute atomic E-state index is 0.00377. The van der Waals surface area contributed by atoms with Crippen molar-refractivity contribution in [3.63, 3.8) is 0 Å². The van der Waals surface area contributed by atoms with Gasteiger partial charge in [-0.25, -0.2) is 8.42 Å². The van der Waals surface area contributed by atoms with E-state index in [1.807, 2.05) is 40.1 Å². The number of hydrogen-bond donors (Lipinski definition) is 0. The summed E-state index contributed by atoms with van der Waals surface area (Å²) in [6.45, 7) is 3.01. The SMILES string of the molecule is O=C(C1CCN(C(=O)[C@@H]2CC[C@H](c3ccccc3)N(S(=O)(=O)c3ccccc3)C2)CC1)N1CCCC1. The van der Waals surface area contributed by atoms with Gasteiger partial charge in [-0.1, -0.05) is 48.5 Å². The average Bonchev–Trinajstić information content (AvgIpc) is 3.48. The van der Waals surface area contributed by atoms with E-state index in [0.717, 1.165) is 31.5 Å². The number of rotatable bonds is 5. The lowest BCUT2D eigenvalue weighted by atomic mass is 9.88. The van der Waals surface area contributed by atoms with Crippen LogP contribution in [-0.2, 0) is 19.6 Å². The predicted molar refractivity (Wildman–Crippen MR) is 137 cm³/mol. The van der Waals surface area contributed by atoms with Crippen LogP contribution in [0.1, 0.15) is 50.1 Å². The first-order chi connectivity index (χ1) is 17.4. The highest BCUT2D eigenvalue weighted by molar-refractivity contribution is 7.89. The molecule has 0 N–H and O–H groups in total. The van der Waals surface area contributed by atoms with E-state index in [2.05, 4.69) is 0 Å². The van der Waals surface area contributed by atoms with Crippen LogP contribution in [0.4, 0.5) is 0 Å². The number of sulfonamides is 1. The fourth-order valence-corrected chi connectivity index (χ4v) is 7.65. The molecule has 0 bridgehead atoms. The highest BCUT2D eigenvalue weighted by atomic mass is 32.2. The van der Waals surface area contributed by atoms with Gasteiger partial charge in [0, 0.05) is 38.6 Å². The molecule has 3 aliphatic rings. The molecular weight excluding hydrogens is 474 g/mol. The van der Waals surface area contributed by atoms with Crippen molar-refractivity contribution >= 4 is 21.8 Å². The molecule has 36 heavy (non-hydrogen) atoms. The van der Waals surface area contributed by atoms with E-state index in [1.165, 1.54) is 4.31 Å². The second-order valence-electron chi connectivity index (χ2n) is 10.2. The van der Waals surface area contributed by atoms with Crippen molar-refractivity contribution in [3.05, 3.63) is 66.2 Å². The van der Waals surface area contributed by atoms with Gasteiger partial charge in [-0.3, -0.25) is 9.59 Å². The lowest BCUT2D eigenvalue weighted by molar-refractivity contribution is -0.143. The van der Waals surface area contributed by atoms with Crippen LogP contribution in [-0.4, -0.2) is 67.1 Å². The van der Waals surface area contributed by atoms with Gasteiger partial charge < -0.3 is 9.80 Å². The predicted octanol–water partition coefficient (Wildman–Crippen LogP) is 3.69. The first kappa shape index (κ1) is 25.0. The molecule has 0 spiro atoms. The van der Waals surface area contributed by atoms with E-state index in [0.29, 0.717) is 38.8 Å². The van der Waals surface area contributed by atoms with Crippen molar-refractivity contribution in [1.29, 1.82) is 0 Å². The number of amides is 2. The van der Waals surface area contributed by atoms with Gasteiger partial charge in [0.2, 0.25) is 21.8 Å². The summed E-state index contributed by atoms with van der Waals surface area (Å²) in [6.07, 6.45) is 4.77. The molecule has 8 heteroatoms. The number of benzene rings is 2. The molecule has 3 heterocycles. The normalized spacial score (nSPS) is 24.1. The summed E-state index contributed by atoms with van der Waals surface area (Å²) < 4.78 is 29.0. The molecule has 2 aromatic rings. The zero-order valence-corrected chi connectivity index (χ0v) is 21.5. The lowest BCUT2D eigenvalue weighted by Gasteiger charge is -2.41. The Morgan fingerprint density at radius 2 is 1.22 bits per heavy atom. The number of piperidine rings is 2. The molecule has 0 radical (unpaired) electrons.